The molecule has 0 fully saturated rings. The van der Waals surface area contributed by atoms with Crippen LogP contribution in [0.2, 0.25) is 15.1 Å². The highest BCUT2D eigenvalue weighted by atomic mass is 35.5. The quantitative estimate of drug-likeness (QED) is 0.736. The minimum Gasteiger partial charge on any atom is -0.487 e. The first-order chi connectivity index (χ1) is 9.95. The summed E-state index contributed by atoms with van der Waals surface area (Å²) in [5.41, 5.74) is 2.02. The van der Waals surface area contributed by atoms with Crippen LogP contribution in [0.15, 0.2) is 36.4 Å². The molecular formula is C16H16Cl3NO. The molecule has 0 saturated heterocycles. The van der Waals surface area contributed by atoms with Gasteiger partial charge in [-0.2, -0.15) is 0 Å². The van der Waals surface area contributed by atoms with Crippen LogP contribution in [-0.4, -0.2) is 12.6 Å². The molecule has 0 aliphatic rings. The normalized spacial score (nSPS) is 12.0. The van der Waals surface area contributed by atoms with E-state index < -0.39 is 0 Å². The molecule has 2 rings (SSSR count). The van der Waals surface area contributed by atoms with E-state index in [-0.39, 0.29) is 6.10 Å². The Labute approximate surface area is 140 Å². The van der Waals surface area contributed by atoms with Crippen LogP contribution in [0.4, 0.5) is 5.69 Å². The van der Waals surface area contributed by atoms with Crippen molar-refractivity contribution < 1.29 is 4.74 Å². The molecule has 0 radical (unpaired) electrons. The van der Waals surface area contributed by atoms with E-state index in [4.69, 9.17) is 39.5 Å². The van der Waals surface area contributed by atoms with Crippen molar-refractivity contribution in [2.24, 2.45) is 0 Å². The van der Waals surface area contributed by atoms with E-state index in [0.717, 1.165) is 16.3 Å². The van der Waals surface area contributed by atoms with Gasteiger partial charge in [-0.15, -0.1) is 0 Å². The Morgan fingerprint density at radius 2 is 1.81 bits per heavy atom. The first-order valence-electron chi connectivity index (χ1n) is 6.57. The minimum atomic E-state index is -0.0521. The summed E-state index contributed by atoms with van der Waals surface area (Å²) in [4.78, 5) is 0. The number of hydrogen-bond acceptors (Lipinski definition) is 2. The molecule has 0 aliphatic heterocycles. The smallest absolute Gasteiger partial charge is 0.138 e. The fourth-order valence-electron chi connectivity index (χ4n) is 1.79. The van der Waals surface area contributed by atoms with Crippen molar-refractivity contribution in [3.8, 4) is 5.75 Å². The lowest BCUT2D eigenvalue weighted by Gasteiger charge is -2.17. The van der Waals surface area contributed by atoms with Gasteiger partial charge in [-0.05, 0) is 49.7 Å². The van der Waals surface area contributed by atoms with Crippen molar-refractivity contribution in [3.63, 3.8) is 0 Å². The Kier molecular flexibility index (Phi) is 5.63. The summed E-state index contributed by atoms with van der Waals surface area (Å²) in [6.45, 7) is 4.58. The number of halogens is 3. The minimum absolute atomic E-state index is 0.0521. The Hall–Kier alpha value is -1.09. The van der Waals surface area contributed by atoms with Gasteiger partial charge in [-0.3, -0.25) is 0 Å². The summed E-state index contributed by atoms with van der Waals surface area (Å²) in [5.74, 6) is 0.623. The predicted octanol–water partition coefficient (Wildman–Crippen LogP) is 5.83. The largest absolute Gasteiger partial charge is 0.487 e. The highest BCUT2D eigenvalue weighted by molar-refractivity contribution is 6.35. The topological polar surface area (TPSA) is 21.3 Å². The standard InChI is InChI=1S/C16H16Cl3NO/c1-10-3-5-13(8-14(10)18)20-9-11(2)21-16-6-4-12(17)7-15(16)19/h3-8,11,20H,9H2,1-2H3. The van der Waals surface area contributed by atoms with E-state index in [2.05, 4.69) is 5.32 Å². The molecule has 1 N–H and O–H groups in total. The Morgan fingerprint density at radius 1 is 1.05 bits per heavy atom. The van der Waals surface area contributed by atoms with Crippen LogP contribution >= 0.6 is 34.8 Å². The lowest BCUT2D eigenvalue weighted by molar-refractivity contribution is 0.235. The van der Waals surface area contributed by atoms with Gasteiger partial charge in [0.2, 0.25) is 0 Å². The van der Waals surface area contributed by atoms with Crippen LogP contribution in [0, 0.1) is 6.92 Å². The van der Waals surface area contributed by atoms with Gasteiger partial charge in [0, 0.05) is 15.7 Å². The molecule has 0 aromatic heterocycles. The lowest BCUT2D eigenvalue weighted by Crippen LogP contribution is -2.22. The van der Waals surface area contributed by atoms with Crippen molar-refractivity contribution in [2.75, 3.05) is 11.9 Å². The summed E-state index contributed by atoms with van der Waals surface area (Å²) < 4.78 is 5.79. The van der Waals surface area contributed by atoms with Gasteiger partial charge in [-0.1, -0.05) is 40.9 Å². The van der Waals surface area contributed by atoms with Gasteiger partial charge in [-0.25, -0.2) is 0 Å². The summed E-state index contributed by atoms with van der Waals surface area (Å²) in [6, 6.07) is 11.1. The average molecular weight is 345 g/mol. The molecule has 5 heteroatoms. The van der Waals surface area contributed by atoms with Crippen molar-refractivity contribution in [1.29, 1.82) is 0 Å². The molecule has 0 amide bonds. The molecule has 21 heavy (non-hydrogen) atoms. The summed E-state index contributed by atoms with van der Waals surface area (Å²) in [7, 11) is 0. The number of ether oxygens (including phenoxy) is 1. The maximum Gasteiger partial charge on any atom is 0.138 e. The zero-order valence-corrected chi connectivity index (χ0v) is 14.1. The molecule has 2 aromatic rings. The second kappa shape index (κ2) is 7.26. The molecule has 2 nitrogen and oxygen atoms in total. The first kappa shape index (κ1) is 16.3. The van der Waals surface area contributed by atoms with Crippen LogP contribution in [0.25, 0.3) is 0 Å². The number of anilines is 1. The van der Waals surface area contributed by atoms with E-state index in [1.54, 1.807) is 18.2 Å². The molecule has 112 valence electrons. The maximum atomic E-state index is 6.09. The molecule has 1 unspecified atom stereocenters. The molecule has 2 aromatic carbocycles. The van der Waals surface area contributed by atoms with Crippen molar-refractivity contribution in [3.05, 3.63) is 57.0 Å². The number of benzene rings is 2. The van der Waals surface area contributed by atoms with Gasteiger partial charge in [0.15, 0.2) is 0 Å². The lowest BCUT2D eigenvalue weighted by atomic mass is 10.2. The van der Waals surface area contributed by atoms with Crippen LogP contribution < -0.4 is 10.1 Å². The molecule has 0 bridgehead atoms. The van der Waals surface area contributed by atoms with Gasteiger partial charge >= 0.3 is 0 Å². The third-order valence-electron chi connectivity index (χ3n) is 2.99. The monoisotopic (exact) mass is 343 g/mol. The highest BCUT2D eigenvalue weighted by Crippen LogP contribution is 2.28. The van der Waals surface area contributed by atoms with Crippen molar-refractivity contribution in [2.45, 2.75) is 20.0 Å². The van der Waals surface area contributed by atoms with Gasteiger partial charge in [0.25, 0.3) is 0 Å². The summed E-state index contributed by atoms with van der Waals surface area (Å²) in [5, 5.41) is 5.13. The van der Waals surface area contributed by atoms with Gasteiger partial charge < -0.3 is 10.1 Å². The zero-order chi connectivity index (χ0) is 15.4. The number of hydrogen-bond donors (Lipinski definition) is 1. The second-order valence-corrected chi connectivity index (χ2v) is 6.10. The van der Waals surface area contributed by atoms with Gasteiger partial charge in [0.1, 0.15) is 11.9 Å². The molecule has 1 atom stereocenters. The van der Waals surface area contributed by atoms with E-state index in [9.17, 15) is 0 Å². The van der Waals surface area contributed by atoms with E-state index in [1.165, 1.54) is 0 Å². The molecule has 0 heterocycles. The Balaban J connectivity index is 1.92. The fraction of sp³-hybridized carbons (Fsp3) is 0.250. The average Bonchev–Trinajstić information content (AvgIpc) is 2.43. The fourth-order valence-corrected chi connectivity index (χ4v) is 2.43. The van der Waals surface area contributed by atoms with E-state index in [1.807, 2.05) is 32.0 Å². The van der Waals surface area contributed by atoms with Gasteiger partial charge in [0.05, 0.1) is 11.6 Å². The van der Waals surface area contributed by atoms with Crippen molar-refractivity contribution in [1.82, 2.24) is 0 Å². The van der Waals surface area contributed by atoms with Crippen LogP contribution in [0.5, 0.6) is 5.75 Å². The maximum absolute atomic E-state index is 6.09. The van der Waals surface area contributed by atoms with E-state index >= 15 is 0 Å². The second-order valence-electron chi connectivity index (χ2n) is 4.85. The molecule has 0 saturated carbocycles. The third kappa shape index (κ3) is 4.70. The summed E-state index contributed by atoms with van der Waals surface area (Å²) >= 11 is 18.0. The SMILES string of the molecule is Cc1ccc(NCC(C)Oc2ccc(Cl)cc2Cl)cc1Cl. The predicted molar refractivity (Wildman–Crippen MR) is 91.2 cm³/mol. The third-order valence-corrected chi connectivity index (χ3v) is 3.93. The van der Waals surface area contributed by atoms with Crippen LogP contribution in [-0.2, 0) is 0 Å². The first-order valence-corrected chi connectivity index (χ1v) is 7.71. The van der Waals surface area contributed by atoms with E-state index in [0.29, 0.717) is 22.3 Å². The number of rotatable bonds is 5. The zero-order valence-electron chi connectivity index (χ0n) is 11.8. The number of aryl methyl sites for hydroxylation is 1. The molecule has 0 spiro atoms. The summed E-state index contributed by atoms with van der Waals surface area (Å²) in [6.07, 6.45) is -0.0521. The highest BCUT2D eigenvalue weighted by Gasteiger charge is 2.08. The van der Waals surface area contributed by atoms with Crippen LogP contribution in [0.1, 0.15) is 12.5 Å². The number of nitrogens with one attached hydrogen (secondary N) is 1. The molecular weight excluding hydrogens is 329 g/mol. The van der Waals surface area contributed by atoms with Crippen molar-refractivity contribution >= 4 is 40.5 Å². The Bertz CT molecular complexity index is 631. The van der Waals surface area contributed by atoms with Crippen LogP contribution in [0.3, 0.4) is 0 Å². The molecule has 0 aliphatic carbocycles. The Morgan fingerprint density at radius 3 is 2.48 bits per heavy atom.